The minimum Gasteiger partial charge on any atom is -0.481 e. The lowest BCUT2D eigenvalue weighted by Crippen LogP contribution is -2.48. The Morgan fingerprint density at radius 1 is 0.644 bits per heavy atom. The predicted molar refractivity (Wildman–Crippen MR) is 260 cm³/mol. The van der Waals surface area contributed by atoms with E-state index in [0.717, 1.165) is 6.07 Å². The first-order valence-corrected chi connectivity index (χ1v) is 26.6. The Morgan fingerprint density at radius 2 is 1.04 bits per heavy atom. The zero-order chi connectivity index (χ0) is 52.8. The zero-order valence-corrected chi connectivity index (χ0v) is 42.5. The summed E-state index contributed by atoms with van der Waals surface area (Å²) in [6, 6.07) is 5.21. The molecule has 0 saturated heterocycles. The lowest BCUT2D eigenvalue weighted by Gasteiger charge is -2.33. The van der Waals surface area contributed by atoms with Crippen LogP contribution in [0.2, 0.25) is 0 Å². The van der Waals surface area contributed by atoms with Crippen molar-refractivity contribution in [3.63, 3.8) is 0 Å². The van der Waals surface area contributed by atoms with Crippen LogP contribution in [0, 0.1) is 12.3 Å². The maximum atomic E-state index is 14.0. The van der Waals surface area contributed by atoms with Crippen molar-refractivity contribution >= 4 is 42.6 Å². The van der Waals surface area contributed by atoms with E-state index in [4.69, 9.17) is 77.5 Å². The SMILES string of the molecule is Cc1nccnc1-c1c2ccc(=N)c(S(=O)(=O)O)c-2oc2c(S(=O)(O)(O)NCCOCCOCCOCCOCCOCCOCCOCCOCCOCCOCCOCCOCCC(=O)O)c(N)ccc12. The highest BCUT2D eigenvalue weighted by atomic mass is 32.3. The highest BCUT2D eigenvalue weighted by Gasteiger charge is 2.39. The summed E-state index contributed by atoms with van der Waals surface area (Å²) >= 11 is 0. The number of nitrogens with two attached hydrogens (primary N) is 1. The van der Waals surface area contributed by atoms with E-state index in [2.05, 4.69) is 14.7 Å². The molecule has 2 aromatic rings. The summed E-state index contributed by atoms with van der Waals surface area (Å²) in [4.78, 5) is 17.3. The van der Waals surface area contributed by atoms with Gasteiger partial charge < -0.3 is 72.1 Å². The molecule has 1 aliphatic heterocycles. The van der Waals surface area contributed by atoms with Gasteiger partial charge in [-0.15, -0.1) is 0 Å². The van der Waals surface area contributed by atoms with Crippen molar-refractivity contribution in [3.8, 4) is 22.6 Å². The maximum Gasteiger partial charge on any atom is 0.305 e. The molecular weight excluding hydrogens is 1010 g/mol. The number of aromatic nitrogens is 2. The second-order valence-corrected chi connectivity index (χ2v) is 19.2. The minimum absolute atomic E-state index is 0.0241. The molecule has 28 heteroatoms. The van der Waals surface area contributed by atoms with Gasteiger partial charge in [-0.05, 0) is 31.2 Å². The fraction of sp³-hybridized carbons (Fsp3) is 0.600. The third kappa shape index (κ3) is 22.2. The smallest absolute Gasteiger partial charge is 0.305 e. The third-order valence-electron chi connectivity index (χ3n) is 9.90. The van der Waals surface area contributed by atoms with E-state index in [-0.39, 0.29) is 68.2 Å². The molecule has 0 unspecified atom stereocenters. The summed E-state index contributed by atoms with van der Waals surface area (Å²) < 4.78 is 145. The van der Waals surface area contributed by atoms with Crippen LogP contribution in [-0.4, -0.2) is 212 Å². The van der Waals surface area contributed by atoms with E-state index in [9.17, 15) is 31.1 Å². The molecule has 4 rings (SSSR count). The molecule has 73 heavy (non-hydrogen) atoms. The molecule has 1 aliphatic carbocycles. The molecule has 0 amide bonds. The number of benzene rings is 2. The molecule has 0 fully saturated rings. The number of aryl methyl sites for hydroxylation is 1. The van der Waals surface area contributed by atoms with Gasteiger partial charge in [-0.1, -0.05) is 0 Å². The topological polar surface area (TPSA) is 361 Å². The van der Waals surface area contributed by atoms with Crippen LogP contribution >= 0.6 is 0 Å². The molecule has 0 bridgehead atoms. The van der Waals surface area contributed by atoms with Crippen LogP contribution in [-0.2, 0) is 81.6 Å². The number of hydrogen-bond donors (Lipinski definition) is 7. The summed E-state index contributed by atoms with van der Waals surface area (Å²) in [5.74, 6) is -1.44. The van der Waals surface area contributed by atoms with Crippen LogP contribution in [0.25, 0.3) is 33.6 Å². The van der Waals surface area contributed by atoms with Crippen LogP contribution in [0.1, 0.15) is 12.1 Å². The van der Waals surface area contributed by atoms with E-state index in [1.807, 2.05) is 0 Å². The Kier molecular flexibility index (Phi) is 27.6. The summed E-state index contributed by atoms with van der Waals surface area (Å²) in [7, 11) is -11.2. The molecule has 8 N–H and O–H groups in total. The summed E-state index contributed by atoms with van der Waals surface area (Å²) in [6.45, 7) is 9.55. The molecule has 2 heterocycles. The standard InChI is InChI=1S/C45H69N5O21S2/c1-34-41(49-8-7-48-34)40-35-2-4-37(46)44(72(53,54)55)42(35)71-43-36(40)3-5-38(47)45(43)73(56,57,58)50-9-11-60-13-15-62-17-19-64-21-23-66-25-27-68-29-31-70-33-32-69-30-28-67-26-24-65-22-20-63-18-16-61-14-12-59-10-6-39(51)52/h2-5,7-8,46H,6,9-33,47H2,1H3,(H,51,52)(H,53,54,55)(H3,50,56,57,58). The molecular formula is C45H69N5O21S2. The number of ether oxygens (including phenoxy) is 12. The number of carbonyl (C=O) groups is 1. The van der Waals surface area contributed by atoms with E-state index in [0.29, 0.717) is 131 Å². The average Bonchev–Trinajstić information content (AvgIpc) is 3.33. The van der Waals surface area contributed by atoms with E-state index >= 15 is 0 Å². The van der Waals surface area contributed by atoms with Gasteiger partial charge >= 0.3 is 5.97 Å². The van der Waals surface area contributed by atoms with Crippen LogP contribution in [0.4, 0.5) is 5.69 Å². The number of rotatable bonds is 43. The number of hydrogen-bond acceptors (Lipinski definition) is 21. The average molecular weight is 1080 g/mol. The van der Waals surface area contributed by atoms with Gasteiger partial charge in [0.15, 0.2) is 26.1 Å². The molecule has 0 saturated carbocycles. The third-order valence-corrected chi connectivity index (χ3v) is 12.7. The van der Waals surface area contributed by atoms with Gasteiger partial charge in [0.2, 0.25) is 0 Å². The van der Waals surface area contributed by atoms with Crippen molar-refractivity contribution in [1.82, 2.24) is 14.7 Å². The first-order chi connectivity index (χ1) is 35.1. The molecule has 0 radical (unpaired) electrons. The Morgan fingerprint density at radius 3 is 1.44 bits per heavy atom. The normalized spacial score (nSPS) is 12.7. The van der Waals surface area contributed by atoms with Crippen LogP contribution in [0.3, 0.4) is 0 Å². The lowest BCUT2D eigenvalue weighted by molar-refractivity contribution is -0.138. The number of nitrogens with one attached hydrogen (secondary N) is 2. The second-order valence-electron chi connectivity index (χ2n) is 15.4. The quantitative estimate of drug-likeness (QED) is 0.0144. The van der Waals surface area contributed by atoms with E-state index in [1.165, 1.54) is 30.6 Å². The first-order valence-electron chi connectivity index (χ1n) is 23.3. The van der Waals surface area contributed by atoms with Gasteiger partial charge in [-0.2, -0.15) is 8.42 Å². The predicted octanol–water partition coefficient (Wildman–Crippen LogP) is 1.91. The second kappa shape index (κ2) is 32.9. The van der Waals surface area contributed by atoms with Crippen molar-refractivity contribution in [2.75, 3.05) is 171 Å². The molecule has 1 aromatic heterocycles. The van der Waals surface area contributed by atoms with Gasteiger partial charge in [0.05, 0.1) is 187 Å². The summed E-state index contributed by atoms with van der Waals surface area (Å²) in [5.41, 5.74) is 6.13. The molecule has 0 atom stereocenters. The number of aliphatic carboxylic acids is 1. The number of nitrogens with zero attached hydrogens (tertiary/aromatic N) is 2. The minimum atomic E-state index is -6.09. The lowest BCUT2D eigenvalue weighted by atomic mass is 9.95. The van der Waals surface area contributed by atoms with Crippen molar-refractivity contribution in [1.29, 1.82) is 5.41 Å². The van der Waals surface area contributed by atoms with Crippen LogP contribution in [0.15, 0.2) is 50.9 Å². The van der Waals surface area contributed by atoms with Crippen molar-refractivity contribution in [2.24, 2.45) is 0 Å². The Bertz CT molecular complexity index is 2460. The number of nitrogen functional groups attached to an aromatic ring is 1. The maximum absolute atomic E-state index is 14.0. The molecule has 26 nitrogen and oxygen atoms in total. The Labute approximate surface area is 423 Å². The van der Waals surface area contributed by atoms with Crippen molar-refractivity contribution in [3.05, 3.63) is 47.7 Å². The Balaban J connectivity index is 0.965. The molecule has 0 spiro atoms. The number of fused-ring (bicyclic) bond motifs is 2. The number of carboxylic acids is 1. The van der Waals surface area contributed by atoms with Gasteiger partial charge in [-0.25, -0.2) is 8.93 Å². The summed E-state index contributed by atoms with van der Waals surface area (Å²) in [5, 5.41) is 16.2. The largest absolute Gasteiger partial charge is 0.481 e. The van der Waals surface area contributed by atoms with Crippen LogP contribution in [0.5, 0.6) is 0 Å². The fourth-order valence-corrected chi connectivity index (χ4v) is 8.88. The van der Waals surface area contributed by atoms with E-state index < -0.39 is 58.1 Å². The van der Waals surface area contributed by atoms with Crippen LogP contribution < -0.4 is 15.8 Å². The summed E-state index contributed by atoms with van der Waals surface area (Å²) in [6.07, 6.45) is 2.79. The molecule has 2 aliphatic rings. The zero-order valence-electron chi connectivity index (χ0n) is 40.9. The monoisotopic (exact) mass is 1080 g/mol. The van der Waals surface area contributed by atoms with Crippen molar-refractivity contribution < 1.29 is 97.4 Å². The fourth-order valence-electron chi connectivity index (χ4n) is 6.58. The van der Waals surface area contributed by atoms with Gasteiger partial charge in [0.1, 0.15) is 4.90 Å². The van der Waals surface area contributed by atoms with Gasteiger partial charge in [0.25, 0.3) is 10.1 Å². The van der Waals surface area contributed by atoms with E-state index in [1.54, 1.807) is 6.92 Å². The van der Waals surface area contributed by atoms with Gasteiger partial charge in [-0.3, -0.25) is 33.8 Å². The Hall–Kier alpha value is -4.28. The van der Waals surface area contributed by atoms with Crippen molar-refractivity contribution in [2.45, 2.75) is 23.1 Å². The number of carboxylic acid groups (broad SMARTS) is 1. The molecule has 412 valence electrons. The first kappa shape index (κ1) is 61.3. The molecule has 1 aromatic carbocycles. The van der Waals surface area contributed by atoms with Gasteiger partial charge in [0, 0.05) is 35.5 Å². The highest BCUT2D eigenvalue weighted by molar-refractivity contribution is 8.08. The highest BCUT2D eigenvalue weighted by Crippen LogP contribution is 2.47. The number of anilines is 1.